The Morgan fingerprint density at radius 1 is 0.926 bits per heavy atom. The Labute approximate surface area is 162 Å². The summed E-state index contributed by atoms with van der Waals surface area (Å²) in [6, 6.07) is 22.2. The summed E-state index contributed by atoms with van der Waals surface area (Å²) >= 11 is 1.70. The van der Waals surface area contributed by atoms with Crippen molar-refractivity contribution in [2.45, 2.75) is 21.6 Å². The third-order valence-electron chi connectivity index (χ3n) is 4.16. The van der Waals surface area contributed by atoms with Crippen LogP contribution in [-0.2, 0) is 10.0 Å². The lowest BCUT2D eigenvalue weighted by molar-refractivity contribution is 0.584. The van der Waals surface area contributed by atoms with E-state index in [0.29, 0.717) is 5.71 Å². The molecule has 0 saturated carbocycles. The van der Waals surface area contributed by atoms with Gasteiger partial charge in [0.2, 0.25) is 0 Å². The highest BCUT2D eigenvalue weighted by atomic mass is 32.2. The number of nitrogens with one attached hydrogen (secondary N) is 2. The molecule has 5 nitrogen and oxygen atoms in total. The molecule has 1 heterocycles. The number of hydrogen-bond acceptors (Lipinski definition) is 5. The summed E-state index contributed by atoms with van der Waals surface area (Å²) in [5.41, 5.74) is 3.48. The van der Waals surface area contributed by atoms with Crippen LogP contribution >= 0.6 is 11.8 Å². The smallest absolute Gasteiger partial charge is 0.276 e. The van der Waals surface area contributed by atoms with E-state index in [4.69, 9.17) is 0 Å². The average Bonchev–Trinajstić information content (AvgIpc) is 2.70. The molecule has 3 aromatic carbocycles. The highest BCUT2D eigenvalue weighted by Crippen LogP contribution is 2.44. The second-order valence-electron chi connectivity index (χ2n) is 6.04. The average molecular weight is 396 g/mol. The van der Waals surface area contributed by atoms with Crippen LogP contribution in [0.15, 0.2) is 92.6 Å². The van der Waals surface area contributed by atoms with Crippen molar-refractivity contribution in [2.75, 3.05) is 5.32 Å². The summed E-state index contributed by atoms with van der Waals surface area (Å²) in [6.45, 7) is 1.78. The number of fused-ring (bicyclic) bond motifs is 2. The molecule has 0 aliphatic carbocycles. The largest absolute Gasteiger partial charge is 0.354 e. The van der Waals surface area contributed by atoms with Gasteiger partial charge >= 0.3 is 0 Å². The molecular formula is C20H17N3O2S2. The van der Waals surface area contributed by atoms with Crippen molar-refractivity contribution in [3.05, 3.63) is 78.4 Å². The summed E-state index contributed by atoms with van der Waals surface area (Å²) in [5, 5.41) is 7.50. The van der Waals surface area contributed by atoms with Gasteiger partial charge in [-0.1, -0.05) is 48.2 Å². The molecule has 0 aromatic heterocycles. The minimum absolute atomic E-state index is 0.182. The Balaban J connectivity index is 1.57. The second-order valence-corrected chi connectivity index (χ2v) is 8.78. The van der Waals surface area contributed by atoms with E-state index in [9.17, 15) is 8.42 Å². The van der Waals surface area contributed by atoms with E-state index >= 15 is 0 Å². The Hall–Kier alpha value is -2.77. The molecule has 7 heteroatoms. The van der Waals surface area contributed by atoms with Gasteiger partial charge < -0.3 is 5.32 Å². The van der Waals surface area contributed by atoms with Crippen molar-refractivity contribution < 1.29 is 8.42 Å². The maximum atomic E-state index is 12.3. The Kier molecular flexibility index (Phi) is 4.63. The molecule has 0 radical (unpaired) electrons. The number of rotatable bonds is 4. The molecule has 2 N–H and O–H groups in total. The standard InChI is InChI=1S/C20H17N3O2S2/c1-14(22-23-27(24,25)16-7-3-2-4-8-16)15-11-12-20-18(13-15)21-17-9-5-6-10-19(17)26-20/h2-13,21,23H,1H3/b22-14-. The van der Waals surface area contributed by atoms with Crippen molar-refractivity contribution in [1.82, 2.24) is 4.83 Å². The monoisotopic (exact) mass is 395 g/mol. The third kappa shape index (κ3) is 3.70. The first-order valence-electron chi connectivity index (χ1n) is 8.32. The molecular weight excluding hydrogens is 378 g/mol. The number of para-hydroxylation sites is 1. The molecule has 4 rings (SSSR count). The molecule has 0 unspecified atom stereocenters. The summed E-state index contributed by atoms with van der Waals surface area (Å²) in [7, 11) is -3.68. The summed E-state index contributed by atoms with van der Waals surface area (Å²) in [4.78, 5) is 4.79. The first-order chi connectivity index (χ1) is 13.0. The topological polar surface area (TPSA) is 70.6 Å². The van der Waals surface area contributed by atoms with Gasteiger partial charge in [0.25, 0.3) is 10.0 Å². The van der Waals surface area contributed by atoms with Crippen molar-refractivity contribution in [1.29, 1.82) is 0 Å². The van der Waals surface area contributed by atoms with Crippen LogP contribution < -0.4 is 10.1 Å². The predicted molar refractivity (Wildman–Crippen MR) is 109 cm³/mol. The first-order valence-corrected chi connectivity index (χ1v) is 10.6. The van der Waals surface area contributed by atoms with Gasteiger partial charge in [-0.25, -0.2) is 0 Å². The highest BCUT2D eigenvalue weighted by molar-refractivity contribution is 7.99. The predicted octanol–water partition coefficient (Wildman–Crippen LogP) is 4.60. The van der Waals surface area contributed by atoms with E-state index in [1.165, 1.54) is 17.0 Å². The Morgan fingerprint density at radius 2 is 1.63 bits per heavy atom. The second kappa shape index (κ2) is 7.09. The fraction of sp³-hybridized carbons (Fsp3) is 0.0500. The Morgan fingerprint density at radius 3 is 2.44 bits per heavy atom. The lowest BCUT2D eigenvalue weighted by Gasteiger charge is -2.21. The van der Waals surface area contributed by atoms with E-state index in [-0.39, 0.29) is 4.90 Å². The lowest BCUT2D eigenvalue weighted by Crippen LogP contribution is -2.19. The van der Waals surface area contributed by atoms with Gasteiger partial charge in [-0.05, 0) is 48.9 Å². The maximum Gasteiger partial charge on any atom is 0.276 e. The molecule has 27 heavy (non-hydrogen) atoms. The molecule has 3 aromatic rings. The van der Waals surface area contributed by atoms with E-state index < -0.39 is 10.0 Å². The third-order valence-corrected chi connectivity index (χ3v) is 6.54. The molecule has 0 atom stereocenters. The van der Waals surface area contributed by atoms with E-state index in [2.05, 4.69) is 21.3 Å². The van der Waals surface area contributed by atoms with Crippen LogP contribution in [0.25, 0.3) is 0 Å². The van der Waals surface area contributed by atoms with Gasteiger partial charge in [-0.15, -0.1) is 0 Å². The van der Waals surface area contributed by atoms with Gasteiger partial charge in [-0.3, -0.25) is 0 Å². The number of sulfonamides is 1. The van der Waals surface area contributed by atoms with Crippen molar-refractivity contribution in [2.24, 2.45) is 5.10 Å². The van der Waals surface area contributed by atoms with Crippen LogP contribution in [-0.4, -0.2) is 14.1 Å². The van der Waals surface area contributed by atoms with Gasteiger partial charge in [0.05, 0.1) is 22.0 Å². The van der Waals surface area contributed by atoms with Crippen molar-refractivity contribution in [3.8, 4) is 0 Å². The quantitative estimate of drug-likeness (QED) is 0.391. The summed E-state index contributed by atoms with van der Waals surface area (Å²) in [5.74, 6) is 0. The van der Waals surface area contributed by atoms with E-state index in [1.54, 1.807) is 36.9 Å². The fourth-order valence-corrected chi connectivity index (χ4v) is 4.56. The van der Waals surface area contributed by atoms with Crippen LogP contribution in [0.3, 0.4) is 0 Å². The van der Waals surface area contributed by atoms with E-state index in [1.807, 2.05) is 36.4 Å². The normalized spacial score (nSPS) is 13.3. The van der Waals surface area contributed by atoms with Crippen LogP contribution in [0.4, 0.5) is 11.4 Å². The molecule has 1 aliphatic rings. The Bertz CT molecular complexity index is 1130. The molecule has 0 bridgehead atoms. The first kappa shape index (κ1) is 17.6. The highest BCUT2D eigenvalue weighted by Gasteiger charge is 2.16. The van der Waals surface area contributed by atoms with Crippen LogP contribution in [0, 0.1) is 0 Å². The van der Waals surface area contributed by atoms with Crippen LogP contribution in [0.2, 0.25) is 0 Å². The number of hydrogen-bond donors (Lipinski definition) is 2. The molecule has 0 amide bonds. The molecule has 0 fully saturated rings. The zero-order valence-electron chi connectivity index (χ0n) is 14.5. The number of hydrazone groups is 1. The van der Waals surface area contributed by atoms with Gasteiger partial charge in [0, 0.05) is 9.79 Å². The lowest BCUT2D eigenvalue weighted by atomic mass is 10.1. The fourth-order valence-electron chi connectivity index (χ4n) is 2.71. The van der Waals surface area contributed by atoms with Crippen LogP contribution in [0.1, 0.15) is 12.5 Å². The van der Waals surface area contributed by atoms with Gasteiger partial charge in [-0.2, -0.15) is 18.4 Å². The molecule has 1 aliphatic heterocycles. The zero-order valence-corrected chi connectivity index (χ0v) is 16.1. The molecule has 0 saturated heterocycles. The van der Waals surface area contributed by atoms with Crippen molar-refractivity contribution >= 4 is 38.9 Å². The molecule has 136 valence electrons. The SMILES string of the molecule is C/C(=N/NS(=O)(=O)c1ccccc1)c1ccc2c(c1)Nc1ccccc1S2. The maximum absolute atomic E-state index is 12.3. The summed E-state index contributed by atoms with van der Waals surface area (Å²) in [6.07, 6.45) is 0. The number of anilines is 2. The molecule has 0 spiro atoms. The van der Waals surface area contributed by atoms with Crippen molar-refractivity contribution in [3.63, 3.8) is 0 Å². The van der Waals surface area contributed by atoms with E-state index in [0.717, 1.165) is 21.8 Å². The minimum atomic E-state index is -3.68. The minimum Gasteiger partial charge on any atom is -0.354 e. The number of benzene rings is 3. The van der Waals surface area contributed by atoms with Gasteiger partial charge in [0.15, 0.2) is 0 Å². The number of nitrogens with zero attached hydrogens (tertiary/aromatic N) is 1. The van der Waals surface area contributed by atoms with Crippen LogP contribution in [0.5, 0.6) is 0 Å². The van der Waals surface area contributed by atoms with Gasteiger partial charge in [0.1, 0.15) is 0 Å². The summed E-state index contributed by atoms with van der Waals surface area (Å²) < 4.78 is 24.6. The zero-order chi connectivity index (χ0) is 18.9.